The molecule has 4 aliphatic rings. The number of aromatic nitrogens is 4. The molecule has 10 nitrogen and oxygen atoms in total. The maximum Gasteiger partial charge on any atom is 0.228 e. The molecule has 0 bridgehead atoms. The molecule has 5 heterocycles. The van der Waals surface area contributed by atoms with E-state index in [1.807, 2.05) is 55.6 Å². The van der Waals surface area contributed by atoms with Crippen LogP contribution in [0.3, 0.4) is 0 Å². The second kappa shape index (κ2) is 13.2. The maximum absolute atomic E-state index is 13.7. The van der Waals surface area contributed by atoms with Crippen molar-refractivity contribution in [3.8, 4) is 16.1 Å². The number of pyridine rings is 1. The van der Waals surface area contributed by atoms with Crippen LogP contribution in [0.5, 0.6) is 0 Å². The number of nitrogens with one attached hydrogen (secondary N) is 3. The lowest BCUT2D eigenvalue weighted by Crippen LogP contribution is -2.59. The van der Waals surface area contributed by atoms with Gasteiger partial charge in [-0.2, -0.15) is 13.5 Å². The minimum absolute atomic E-state index is 0. The highest BCUT2D eigenvalue weighted by Crippen LogP contribution is 2.56. The maximum atomic E-state index is 13.7. The highest BCUT2D eigenvalue weighted by Gasteiger charge is 2.53. The molecule has 52 heavy (non-hydrogen) atoms. The van der Waals surface area contributed by atoms with E-state index in [4.69, 9.17) is 16.6 Å². The summed E-state index contributed by atoms with van der Waals surface area (Å²) in [4.78, 5) is 36.7. The van der Waals surface area contributed by atoms with E-state index in [1.165, 1.54) is 10.4 Å². The molecule has 2 fully saturated rings. The van der Waals surface area contributed by atoms with Gasteiger partial charge in [-0.05, 0) is 105 Å². The number of nitrogens with zero attached hydrogens (tertiary/aromatic N) is 5. The number of amides is 2. The number of aliphatic imine (C=N–C) groups is 1. The minimum atomic E-state index is -0.488. The quantitative estimate of drug-likeness (QED) is 0.159. The lowest BCUT2D eigenvalue weighted by Gasteiger charge is -2.58. The predicted molar refractivity (Wildman–Crippen MR) is 211 cm³/mol. The van der Waals surface area contributed by atoms with Gasteiger partial charge < -0.3 is 16.0 Å². The number of hydrogen-bond donors (Lipinski definition) is 3. The number of carbonyl (C=O) groups excluding carboxylic acids is 2. The van der Waals surface area contributed by atoms with Crippen LogP contribution in [0, 0.1) is 26.2 Å². The van der Waals surface area contributed by atoms with E-state index in [9.17, 15) is 9.59 Å². The third-order valence-electron chi connectivity index (χ3n) is 11.0. The molecule has 9 rings (SSSR count). The standard InChI is InChI=1S/C39H37ClN8O2S.H2S/c1-20-21(2)51-38-34(20)35(23-6-9-26(40)10-7-23)45-31(37-47-46-22(3)48(37)38)15-33(50)42-27-16-39(17-27)18-28(19-39)43-36-29(5-4-12-41-36)24-8-11-30-25(13-24)14-32(49)44-30;/h4-13,27-28,31H,14-19H2,1-3H3,(H,41,43)(H,42,50)(H,44,49);1H2/t27?,28?,31-,39?;/m0./s1. The van der Waals surface area contributed by atoms with Gasteiger partial charge in [0.2, 0.25) is 11.8 Å². The lowest BCUT2D eigenvalue weighted by atomic mass is 9.52. The van der Waals surface area contributed by atoms with Gasteiger partial charge in [0.1, 0.15) is 22.7 Å². The molecule has 13 heteroatoms. The number of fused-ring (bicyclic) bond motifs is 4. The van der Waals surface area contributed by atoms with E-state index in [1.54, 1.807) is 11.3 Å². The number of hydrogen-bond acceptors (Lipinski definition) is 8. The Kier molecular flexibility index (Phi) is 8.74. The number of anilines is 2. The summed E-state index contributed by atoms with van der Waals surface area (Å²) in [7, 11) is 0. The molecule has 1 atom stereocenters. The van der Waals surface area contributed by atoms with Gasteiger partial charge in [0.05, 0.1) is 18.6 Å². The molecule has 0 saturated heterocycles. The zero-order valence-corrected chi connectivity index (χ0v) is 31.7. The zero-order chi connectivity index (χ0) is 35.0. The van der Waals surface area contributed by atoms with Crippen molar-refractivity contribution in [2.75, 3.05) is 10.6 Å². The molecule has 2 aliphatic heterocycles. The highest BCUT2D eigenvalue weighted by atomic mass is 35.5. The molecule has 1 spiro atoms. The van der Waals surface area contributed by atoms with Crippen molar-refractivity contribution in [3.05, 3.63) is 105 Å². The topological polar surface area (TPSA) is 126 Å². The van der Waals surface area contributed by atoms with Gasteiger partial charge >= 0.3 is 0 Å². The Bertz CT molecular complexity index is 2270. The largest absolute Gasteiger partial charge is 0.367 e. The SMILES string of the molecule is Cc1sc2c(c1C)C(c1ccc(Cl)cc1)=N[C@@H](CC(=O)NC1CC3(C1)CC(Nc1ncccc1-c1ccc4c(c1)CC(=O)N4)C3)c1nnc(C)n1-2.S. The zero-order valence-electron chi connectivity index (χ0n) is 29.1. The molecule has 3 N–H and O–H groups in total. The summed E-state index contributed by atoms with van der Waals surface area (Å²) >= 11 is 7.96. The van der Waals surface area contributed by atoms with Crippen molar-refractivity contribution >= 4 is 65.5 Å². The van der Waals surface area contributed by atoms with Crippen LogP contribution in [0.15, 0.2) is 65.8 Å². The van der Waals surface area contributed by atoms with Gasteiger partial charge in [0.15, 0.2) is 5.82 Å². The third kappa shape index (κ3) is 6.00. The first-order chi connectivity index (χ1) is 24.6. The van der Waals surface area contributed by atoms with E-state index in [0.29, 0.717) is 23.3 Å². The van der Waals surface area contributed by atoms with Crippen LogP contribution in [0.25, 0.3) is 16.1 Å². The van der Waals surface area contributed by atoms with Gasteiger partial charge in [0.25, 0.3) is 0 Å². The van der Waals surface area contributed by atoms with E-state index >= 15 is 0 Å². The van der Waals surface area contributed by atoms with Gasteiger partial charge in [-0.1, -0.05) is 29.8 Å². The van der Waals surface area contributed by atoms with Gasteiger partial charge in [-0.3, -0.25) is 19.1 Å². The van der Waals surface area contributed by atoms with Crippen molar-refractivity contribution in [2.24, 2.45) is 10.4 Å². The van der Waals surface area contributed by atoms with Crippen LogP contribution < -0.4 is 16.0 Å². The first-order valence-electron chi connectivity index (χ1n) is 17.4. The van der Waals surface area contributed by atoms with E-state index in [0.717, 1.165) is 81.5 Å². The first kappa shape index (κ1) is 34.6. The summed E-state index contributed by atoms with van der Waals surface area (Å²) in [5.41, 5.74) is 8.26. The van der Waals surface area contributed by atoms with E-state index in [2.05, 4.69) is 61.7 Å². The van der Waals surface area contributed by atoms with Crippen LogP contribution in [-0.4, -0.2) is 49.4 Å². The molecule has 3 aromatic heterocycles. The number of thiophene rings is 1. The van der Waals surface area contributed by atoms with Gasteiger partial charge in [-0.25, -0.2) is 4.98 Å². The Labute approximate surface area is 318 Å². The molecule has 266 valence electrons. The molecule has 0 unspecified atom stereocenters. The molecule has 2 aliphatic carbocycles. The van der Waals surface area contributed by atoms with Gasteiger partial charge in [0, 0.05) is 50.6 Å². The smallest absolute Gasteiger partial charge is 0.228 e. The summed E-state index contributed by atoms with van der Waals surface area (Å²) in [6.45, 7) is 6.20. The first-order valence-corrected chi connectivity index (χ1v) is 18.6. The van der Waals surface area contributed by atoms with Crippen molar-refractivity contribution < 1.29 is 9.59 Å². The molecular formula is C39H39ClN8O2S2. The normalized spacial score (nSPS) is 22.4. The van der Waals surface area contributed by atoms with Crippen LogP contribution >= 0.6 is 36.4 Å². The molecule has 2 amide bonds. The Hall–Kier alpha value is -4.52. The molecule has 5 aromatic rings. The Morgan fingerprint density at radius 3 is 2.56 bits per heavy atom. The number of rotatable bonds is 7. The second-order valence-electron chi connectivity index (χ2n) is 14.5. The van der Waals surface area contributed by atoms with Crippen molar-refractivity contribution in [1.29, 1.82) is 0 Å². The summed E-state index contributed by atoms with van der Waals surface area (Å²) in [5, 5.41) is 20.6. The van der Waals surface area contributed by atoms with Crippen LogP contribution in [-0.2, 0) is 16.0 Å². The third-order valence-corrected chi connectivity index (χ3v) is 12.5. The number of halogens is 1. The predicted octanol–water partition coefficient (Wildman–Crippen LogP) is 7.40. The summed E-state index contributed by atoms with van der Waals surface area (Å²) in [5.74, 6) is 2.33. The molecule has 2 saturated carbocycles. The summed E-state index contributed by atoms with van der Waals surface area (Å²) in [6, 6.07) is 17.8. The average Bonchev–Trinajstić information content (AvgIpc) is 3.71. The fourth-order valence-electron chi connectivity index (χ4n) is 8.45. The van der Waals surface area contributed by atoms with Crippen LogP contribution in [0.4, 0.5) is 11.5 Å². The lowest BCUT2D eigenvalue weighted by molar-refractivity contribution is -0.125. The van der Waals surface area contributed by atoms with E-state index in [-0.39, 0.29) is 43.2 Å². The fraction of sp³-hybridized carbons (Fsp3) is 0.333. The van der Waals surface area contributed by atoms with E-state index < -0.39 is 6.04 Å². The number of aryl methyl sites for hydroxylation is 2. The molecule has 2 aromatic carbocycles. The molecule has 0 radical (unpaired) electrons. The van der Waals surface area contributed by atoms with Crippen molar-refractivity contribution in [2.45, 2.75) is 77.4 Å². The summed E-state index contributed by atoms with van der Waals surface area (Å²) < 4.78 is 2.08. The monoisotopic (exact) mass is 750 g/mol. The average molecular weight is 751 g/mol. The fourth-order valence-corrected chi connectivity index (χ4v) is 9.79. The van der Waals surface area contributed by atoms with Crippen molar-refractivity contribution in [3.63, 3.8) is 0 Å². The number of carbonyl (C=O) groups is 2. The molecular weight excluding hydrogens is 712 g/mol. The highest BCUT2D eigenvalue weighted by molar-refractivity contribution is 7.59. The Morgan fingerprint density at radius 1 is 1.02 bits per heavy atom. The Balaban J connectivity index is 0.00000387. The van der Waals surface area contributed by atoms with Crippen molar-refractivity contribution in [1.82, 2.24) is 25.1 Å². The number of benzene rings is 2. The Morgan fingerprint density at radius 2 is 1.77 bits per heavy atom. The summed E-state index contributed by atoms with van der Waals surface area (Å²) in [6.07, 6.45) is 6.42. The second-order valence-corrected chi connectivity index (χ2v) is 16.2. The minimum Gasteiger partial charge on any atom is -0.367 e. The van der Waals surface area contributed by atoms with Gasteiger partial charge in [-0.15, -0.1) is 21.5 Å². The van der Waals surface area contributed by atoms with Crippen LogP contribution in [0.1, 0.15) is 76.9 Å². The van der Waals surface area contributed by atoms with Crippen LogP contribution in [0.2, 0.25) is 5.02 Å².